The van der Waals surface area contributed by atoms with Gasteiger partial charge >= 0.3 is 11.7 Å². The fourth-order valence-electron chi connectivity index (χ4n) is 5.68. The fourth-order valence-corrected chi connectivity index (χ4v) is 5.86. The molecule has 1 aromatic heterocycles. The topological polar surface area (TPSA) is 96.7 Å². The summed E-state index contributed by atoms with van der Waals surface area (Å²) in [5.41, 5.74) is 2.73. The van der Waals surface area contributed by atoms with Gasteiger partial charge in [-0.1, -0.05) is 41.9 Å². The van der Waals surface area contributed by atoms with Crippen molar-refractivity contribution >= 4 is 29.2 Å². The van der Waals surface area contributed by atoms with E-state index in [1.807, 2.05) is 36.1 Å². The first kappa shape index (κ1) is 27.7. The van der Waals surface area contributed by atoms with Crippen LogP contribution < -0.4 is 16.6 Å². The second-order valence-electron chi connectivity index (χ2n) is 10.8. The van der Waals surface area contributed by atoms with Crippen LogP contribution >= 0.6 is 11.6 Å². The highest BCUT2D eigenvalue weighted by molar-refractivity contribution is 6.31. The highest BCUT2D eigenvalue weighted by atomic mass is 35.5. The molecule has 2 aliphatic rings. The van der Waals surface area contributed by atoms with Crippen molar-refractivity contribution in [3.63, 3.8) is 0 Å². The molecular formula is C30H34ClN5O4. The summed E-state index contributed by atoms with van der Waals surface area (Å²) in [5.74, 6) is -0.198. The van der Waals surface area contributed by atoms with Crippen molar-refractivity contribution in [2.45, 2.75) is 58.7 Å². The lowest BCUT2D eigenvalue weighted by Crippen LogP contribution is -2.51. The molecule has 3 heterocycles. The lowest BCUT2D eigenvalue weighted by molar-refractivity contribution is -0.133. The standard InChI is InChI=1S/C30H34ClN5O4/c1-19(2)36-28(38)24(23-8-6-9-25(31)20(23)3)17-34(30(36)40)18-27(37)33-14-12-22(13-15-33)35-16-11-21-7-4-5-10-26(21)32-29(35)39/h4-10,17,19,22H,11-16,18H2,1-3H3,(H,32,39). The maximum atomic E-state index is 13.4. The number of likely N-dealkylation sites (tertiary alicyclic amines) is 1. The molecule has 0 saturated carbocycles. The molecule has 3 amide bonds. The number of hydrogen-bond acceptors (Lipinski definition) is 4. The molecule has 0 unspecified atom stereocenters. The van der Waals surface area contributed by atoms with Gasteiger partial charge in [0.2, 0.25) is 5.91 Å². The number of piperidine rings is 1. The van der Waals surface area contributed by atoms with Crippen molar-refractivity contribution in [1.29, 1.82) is 0 Å². The summed E-state index contributed by atoms with van der Waals surface area (Å²) in [6, 6.07) is 12.7. The van der Waals surface area contributed by atoms with Crippen LogP contribution in [0, 0.1) is 6.92 Å². The Morgan fingerprint density at radius 2 is 1.73 bits per heavy atom. The van der Waals surface area contributed by atoms with E-state index in [4.69, 9.17) is 11.6 Å². The zero-order valence-electron chi connectivity index (χ0n) is 23.0. The van der Waals surface area contributed by atoms with Gasteiger partial charge < -0.3 is 15.1 Å². The van der Waals surface area contributed by atoms with Crippen molar-refractivity contribution in [1.82, 2.24) is 18.9 Å². The van der Waals surface area contributed by atoms with Gasteiger partial charge in [-0.2, -0.15) is 0 Å². The Kier molecular flexibility index (Phi) is 7.85. The third kappa shape index (κ3) is 5.30. The van der Waals surface area contributed by atoms with Gasteiger partial charge in [0.1, 0.15) is 6.54 Å². The Labute approximate surface area is 238 Å². The van der Waals surface area contributed by atoms with Gasteiger partial charge in [-0.25, -0.2) is 9.59 Å². The van der Waals surface area contributed by atoms with Crippen LogP contribution in [0.5, 0.6) is 0 Å². The SMILES string of the molecule is Cc1c(Cl)cccc1-c1cn(CC(=O)N2CCC(N3CCc4ccccc4NC3=O)CC2)c(=O)n(C(C)C)c1=O. The highest BCUT2D eigenvalue weighted by Crippen LogP contribution is 2.27. The molecule has 0 bridgehead atoms. The van der Waals surface area contributed by atoms with Gasteiger partial charge in [0.05, 0.1) is 5.56 Å². The van der Waals surface area contributed by atoms with Crippen LogP contribution in [-0.4, -0.2) is 56.5 Å². The van der Waals surface area contributed by atoms with Crippen LogP contribution in [0.1, 0.15) is 43.9 Å². The quantitative estimate of drug-likeness (QED) is 0.500. The Bertz CT molecular complexity index is 1570. The summed E-state index contributed by atoms with van der Waals surface area (Å²) in [4.78, 5) is 56.5. The van der Waals surface area contributed by atoms with Crippen LogP contribution in [0.3, 0.4) is 0 Å². The summed E-state index contributed by atoms with van der Waals surface area (Å²) in [6.07, 6.45) is 3.56. The van der Waals surface area contributed by atoms with E-state index in [1.54, 1.807) is 36.9 Å². The van der Waals surface area contributed by atoms with Crippen LogP contribution in [0.4, 0.5) is 10.5 Å². The van der Waals surface area contributed by atoms with Gasteiger partial charge in [0.25, 0.3) is 5.56 Å². The molecule has 10 heteroatoms. The molecule has 0 aliphatic carbocycles. The van der Waals surface area contributed by atoms with Gasteiger partial charge in [-0.05, 0) is 68.9 Å². The van der Waals surface area contributed by atoms with Crippen molar-refractivity contribution < 1.29 is 9.59 Å². The van der Waals surface area contributed by atoms with Gasteiger partial charge in [-0.3, -0.25) is 18.7 Å². The molecule has 0 atom stereocenters. The van der Waals surface area contributed by atoms with E-state index < -0.39 is 11.2 Å². The molecule has 1 fully saturated rings. The second-order valence-corrected chi connectivity index (χ2v) is 11.2. The monoisotopic (exact) mass is 563 g/mol. The molecule has 1 saturated heterocycles. The number of nitrogens with zero attached hydrogens (tertiary/aromatic N) is 4. The molecule has 2 aliphatic heterocycles. The minimum absolute atomic E-state index is 0.0290. The van der Waals surface area contributed by atoms with Crippen LogP contribution in [0.15, 0.2) is 58.3 Å². The van der Waals surface area contributed by atoms with Crippen molar-refractivity contribution in [2.75, 3.05) is 25.0 Å². The van der Waals surface area contributed by atoms with Crippen LogP contribution in [-0.2, 0) is 17.8 Å². The van der Waals surface area contributed by atoms with E-state index in [2.05, 4.69) is 5.32 Å². The zero-order valence-corrected chi connectivity index (χ0v) is 23.8. The summed E-state index contributed by atoms with van der Waals surface area (Å²) in [5, 5.41) is 3.54. The average Bonchev–Trinajstić information content (AvgIpc) is 3.10. The highest BCUT2D eigenvalue weighted by Gasteiger charge is 2.31. The maximum Gasteiger partial charge on any atom is 0.331 e. The largest absolute Gasteiger partial charge is 0.341 e. The molecule has 1 N–H and O–H groups in total. The third-order valence-corrected chi connectivity index (χ3v) is 8.38. The Hall–Kier alpha value is -3.85. The number of carbonyl (C=O) groups excluding carboxylic acids is 2. The predicted octanol–water partition coefficient (Wildman–Crippen LogP) is 4.30. The Morgan fingerprint density at radius 3 is 2.45 bits per heavy atom. The summed E-state index contributed by atoms with van der Waals surface area (Å²) in [7, 11) is 0. The predicted molar refractivity (Wildman–Crippen MR) is 156 cm³/mol. The molecule has 0 spiro atoms. The van der Waals surface area contributed by atoms with E-state index in [1.165, 1.54) is 15.3 Å². The second kappa shape index (κ2) is 11.3. The van der Waals surface area contributed by atoms with E-state index >= 15 is 0 Å². The first-order valence-corrected chi connectivity index (χ1v) is 14.1. The molecule has 2 aromatic carbocycles. The lowest BCUT2D eigenvalue weighted by Gasteiger charge is -2.38. The number of urea groups is 1. The molecule has 210 valence electrons. The number of anilines is 1. The lowest BCUT2D eigenvalue weighted by atomic mass is 10.0. The van der Waals surface area contributed by atoms with E-state index in [9.17, 15) is 19.2 Å². The van der Waals surface area contributed by atoms with Gasteiger partial charge in [0.15, 0.2) is 0 Å². The minimum Gasteiger partial charge on any atom is -0.341 e. The summed E-state index contributed by atoms with van der Waals surface area (Å²) in [6.45, 7) is 6.78. The number of carbonyl (C=O) groups is 2. The molecule has 40 heavy (non-hydrogen) atoms. The third-order valence-electron chi connectivity index (χ3n) is 7.97. The van der Waals surface area contributed by atoms with Crippen molar-refractivity contribution in [2.24, 2.45) is 0 Å². The van der Waals surface area contributed by atoms with Gasteiger partial charge in [-0.15, -0.1) is 0 Å². The van der Waals surface area contributed by atoms with Crippen LogP contribution in [0.25, 0.3) is 11.1 Å². The van der Waals surface area contributed by atoms with Crippen LogP contribution in [0.2, 0.25) is 5.02 Å². The molecule has 3 aromatic rings. The minimum atomic E-state index is -0.521. The molecular weight excluding hydrogens is 530 g/mol. The average molecular weight is 564 g/mol. The van der Waals surface area contributed by atoms with Gasteiger partial charge in [0, 0.05) is 48.6 Å². The van der Waals surface area contributed by atoms with E-state index in [0.717, 1.165) is 23.2 Å². The zero-order chi connectivity index (χ0) is 28.6. The number of aromatic nitrogens is 2. The first-order chi connectivity index (χ1) is 19.2. The number of benzene rings is 2. The van der Waals surface area contributed by atoms with E-state index in [-0.39, 0.29) is 30.6 Å². The molecule has 5 rings (SSSR count). The first-order valence-electron chi connectivity index (χ1n) is 13.7. The number of halogens is 1. The van der Waals surface area contributed by atoms with Crippen molar-refractivity contribution in [3.05, 3.63) is 85.6 Å². The number of hydrogen-bond donors (Lipinski definition) is 1. The molecule has 9 nitrogen and oxygen atoms in total. The number of fused-ring (bicyclic) bond motifs is 1. The summed E-state index contributed by atoms with van der Waals surface area (Å²) < 4.78 is 2.51. The van der Waals surface area contributed by atoms with E-state index in [0.29, 0.717) is 48.6 Å². The Balaban J connectivity index is 1.32. The summed E-state index contributed by atoms with van der Waals surface area (Å²) >= 11 is 6.32. The number of nitrogens with one attached hydrogen (secondary N) is 1. The number of amides is 3. The number of rotatable bonds is 5. The Morgan fingerprint density at radius 1 is 1.00 bits per heavy atom. The number of para-hydroxylation sites is 1. The molecule has 0 radical (unpaired) electrons. The smallest absolute Gasteiger partial charge is 0.331 e. The normalized spacial score (nSPS) is 16.1. The van der Waals surface area contributed by atoms with Crippen molar-refractivity contribution in [3.8, 4) is 11.1 Å². The maximum absolute atomic E-state index is 13.4. The fraction of sp³-hybridized carbons (Fsp3) is 0.400.